The molecule has 0 saturated carbocycles. The minimum Gasteiger partial charge on any atom is -0.399 e. The molecule has 1 aromatic carbocycles. The van der Waals surface area contributed by atoms with Crippen LogP contribution in [0.25, 0.3) is 0 Å². The first kappa shape index (κ1) is 14.5. The van der Waals surface area contributed by atoms with E-state index < -0.39 is 0 Å². The lowest BCUT2D eigenvalue weighted by molar-refractivity contribution is 0.0943. The van der Waals surface area contributed by atoms with Crippen molar-refractivity contribution in [3.05, 3.63) is 29.3 Å². The SMILES string of the molecule is CCC(CCO)CNC(=O)c1ccc(N)c(C)c1. The van der Waals surface area contributed by atoms with Crippen LogP contribution in [0.1, 0.15) is 35.7 Å². The maximum absolute atomic E-state index is 11.9. The first-order valence-corrected chi connectivity index (χ1v) is 6.33. The summed E-state index contributed by atoms with van der Waals surface area (Å²) >= 11 is 0. The Morgan fingerprint density at radius 3 is 2.78 bits per heavy atom. The fraction of sp³-hybridized carbons (Fsp3) is 0.500. The molecule has 0 aromatic heterocycles. The second-order valence-electron chi connectivity index (χ2n) is 4.57. The monoisotopic (exact) mass is 250 g/mol. The van der Waals surface area contributed by atoms with Crippen LogP contribution < -0.4 is 11.1 Å². The zero-order valence-corrected chi connectivity index (χ0v) is 11.1. The average Bonchev–Trinajstić information content (AvgIpc) is 2.37. The number of carbonyl (C=O) groups is 1. The summed E-state index contributed by atoms with van der Waals surface area (Å²) in [4.78, 5) is 11.9. The maximum Gasteiger partial charge on any atom is 0.251 e. The van der Waals surface area contributed by atoms with Gasteiger partial charge in [-0.05, 0) is 43.0 Å². The summed E-state index contributed by atoms with van der Waals surface area (Å²) in [6, 6.07) is 5.26. The fourth-order valence-electron chi connectivity index (χ4n) is 1.79. The number of aliphatic hydroxyl groups excluding tert-OH is 1. The van der Waals surface area contributed by atoms with Crippen molar-refractivity contribution in [2.24, 2.45) is 5.92 Å². The number of aliphatic hydroxyl groups is 1. The normalized spacial score (nSPS) is 12.2. The van der Waals surface area contributed by atoms with Crippen LogP contribution in [-0.4, -0.2) is 24.2 Å². The van der Waals surface area contributed by atoms with Crippen LogP contribution in [0.2, 0.25) is 0 Å². The molecule has 1 atom stereocenters. The Morgan fingerprint density at radius 1 is 1.50 bits per heavy atom. The second-order valence-corrected chi connectivity index (χ2v) is 4.57. The van der Waals surface area contributed by atoms with E-state index >= 15 is 0 Å². The van der Waals surface area contributed by atoms with Crippen LogP contribution in [0.4, 0.5) is 5.69 Å². The minimum atomic E-state index is -0.0884. The molecular weight excluding hydrogens is 228 g/mol. The summed E-state index contributed by atoms with van der Waals surface area (Å²) in [5, 5.41) is 11.8. The first-order chi connectivity index (χ1) is 8.58. The van der Waals surface area contributed by atoms with Crippen molar-refractivity contribution in [1.82, 2.24) is 5.32 Å². The van der Waals surface area contributed by atoms with Gasteiger partial charge >= 0.3 is 0 Å². The molecule has 0 radical (unpaired) electrons. The van der Waals surface area contributed by atoms with Crippen LogP contribution in [0, 0.1) is 12.8 Å². The van der Waals surface area contributed by atoms with E-state index in [0.717, 1.165) is 18.4 Å². The maximum atomic E-state index is 11.9. The highest BCUT2D eigenvalue weighted by Gasteiger charge is 2.10. The van der Waals surface area contributed by atoms with E-state index in [9.17, 15) is 4.79 Å². The van der Waals surface area contributed by atoms with Gasteiger partial charge in [-0.1, -0.05) is 13.3 Å². The molecule has 18 heavy (non-hydrogen) atoms. The van der Waals surface area contributed by atoms with Gasteiger partial charge in [0.15, 0.2) is 0 Å². The van der Waals surface area contributed by atoms with Crippen molar-refractivity contribution < 1.29 is 9.90 Å². The Kier molecular flexibility index (Phi) is 5.65. The number of amides is 1. The highest BCUT2D eigenvalue weighted by molar-refractivity contribution is 5.94. The molecule has 4 nitrogen and oxygen atoms in total. The molecule has 0 heterocycles. The Bertz CT molecular complexity index is 405. The lowest BCUT2D eigenvalue weighted by Gasteiger charge is -2.14. The van der Waals surface area contributed by atoms with Crippen molar-refractivity contribution in [3.8, 4) is 0 Å². The Morgan fingerprint density at radius 2 is 2.22 bits per heavy atom. The fourth-order valence-corrected chi connectivity index (χ4v) is 1.79. The van der Waals surface area contributed by atoms with Gasteiger partial charge in [0, 0.05) is 24.4 Å². The van der Waals surface area contributed by atoms with Gasteiger partial charge in [-0.2, -0.15) is 0 Å². The van der Waals surface area contributed by atoms with Crippen LogP contribution in [-0.2, 0) is 0 Å². The smallest absolute Gasteiger partial charge is 0.251 e. The predicted octanol–water partition coefficient (Wildman–Crippen LogP) is 1.72. The molecule has 0 fully saturated rings. The Balaban J connectivity index is 2.57. The molecule has 100 valence electrons. The number of hydrogen-bond acceptors (Lipinski definition) is 3. The standard InChI is InChI=1S/C14H22N2O2/c1-3-11(6-7-17)9-16-14(18)12-4-5-13(15)10(2)8-12/h4-5,8,11,17H,3,6-7,9,15H2,1-2H3,(H,16,18). The van der Waals surface area contributed by atoms with Crippen LogP contribution >= 0.6 is 0 Å². The number of aryl methyl sites for hydroxylation is 1. The van der Waals surface area contributed by atoms with Crippen molar-refractivity contribution in [2.45, 2.75) is 26.7 Å². The molecule has 0 spiro atoms. The number of nitrogens with two attached hydrogens (primary N) is 1. The van der Waals surface area contributed by atoms with E-state index in [1.54, 1.807) is 18.2 Å². The van der Waals surface area contributed by atoms with Crippen LogP contribution in [0.3, 0.4) is 0 Å². The Hall–Kier alpha value is -1.55. The molecule has 4 N–H and O–H groups in total. The topological polar surface area (TPSA) is 75.3 Å². The van der Waals surface area contributed by atoms with Crippen molar-refractivity contribution in [2.75, 3.05) is 18.9 Å². The lowest BCUT2D eigenvalue weighted by atomic mass is 10.0. The molecule has 0 bridgehead atoms. The molecular formula is C14H22N2O2. The summed E-state index contributed by atoms with van der Waals surface area (Å²) in [5.74, 6) is 0.239. The third kappa shape index (κ3) is 4.04. The molecule has 1 unspecified atom stereocenters. The van der Waals surface area contributed by atoms with Gasteiger partial charge in [0.2, 0.25) is 0 Å². The van der Waals surface area contributed by atoms with Gasteiger partial charge in [0.25, 0.3) is 5.91 Å². The van der Waals surface area contributed by atoms with E-state index in [1.165, 1.54) is 0 Å². The molecule has 0 aliphatic carbocycles. The van der Waals surface area contributed by atoms with Gasteiger partial charge in [0.05, 0.1) is 0 Å². The average molecular weight is 250 g/mol. The third-order valence-electron chi connectivity index (χ3n) is 3.20. The van der Waals surface area contributed by atoms with Crippen molar-refractivity contribution in [3.63, 3.8) is 0 Å². The number of nitrogen functional groups attached to an aromatic ring is 1. The largest absolute Gasteiger partial charge is 0.399 e. The number of nitrogens with one attached hydrogen (secondary N) is 1. The summed E-state index contributed by atoms with van der Waals surface area (Å²) in [7, 11) is 0. The van der Waals surface area contributed by atoms with E-state index in [0.29, 0.717) is 23.7 Å². The van der Waals surface area contributed by atoms with E-state index in [2.05, 4.69) is 12.2 Å². The van der Waals surface area contributed by atoms with E-state index in [-0.39, 0.29) is 12.5 Å². The summed E-state index contributed by atoms with van der Waals surface area (Å²) in [6.07, 6.45) is 1.67. The van der Waals surface area contributed by atoms with Gasteiger partial charge in [-0.25, -0.2) is 0 Å². The van der Waals surface area contributed by atoms with Crippen molar-refractivity contribution >= 4 is 11.6 Å². The molecule has 4 heteroatoms. The Labute approximate surface area is 108 Å². The molecule has 1 rings (SSSR count). The van der Waals surface area contributed by atoms with E-state index in [4.69, 9.17) is 10.8 Å². The zero-order chi connectivity index (χ0) is 13.5. The van der Waals surface area contributed by atoms with Crippen LogP contribution in [0.15, 0.2) is 18.2 Å². The van der Waals surface area contributed by atoms with Gasteiger partial charge in [0.1, 0.15) is 0 Å². The predicted molar refractivity (Wildman–Crippen MR) is 73.4 cm³/mol. The quantitative estimate of drug-likeness (QED) is 0.673. The van der Waals surface area contributed by atoms with E-state index in [1.807, 2.05) is 6.92 Å². The van der Waals surface area contributed by atoms with Crippen molar-refractivity contribution in [1.29, 1.82) is 0 Å². The number of hydrogen-bond donors (Lipinski definition) is 3. The number of carbonyl (C=O) groups excluding carboxylic acids is 1. The second kappa shape index (κ2) is 7.01. The van der Waals surface area contributed by atoms with Gasteiger partial charge < -0.3 is 16.2 Å². The highest BCUT2D eigenvalue weighted by Crippen LogP contribution is 2.13. The third-order valence-corrected chi connectivity index (χ3v) is 3.20. The summed E-state index contributed by atoms with van der Waals surface area (Å²) in [5.41, 5.74) is 7.94. The molecule has 0 saturated heterocycles. The molecule has 1 aromatic rings. The number of benzene rings is 1. The van der Waals surface area contributed by atoms with Crippen LogP contribution in [0.5, 0.6) is 0 Å². The first-order valence-electron chi connectivity index (χ1n) is 6.33. The molecule has 0 aliphatic heterocycles. The summed E-state index contributed by atoms with van der Waals surface area (Å²) < 4.78 is 0. The van der Waals surface area contributed by atoms with Gasteiger partial charge in [-0.15, -0.1) is 0 Å². The summed E-state index contributed by atoms with van der Waals surface area (Å²) in [6.45, 7) is 4.70. The lowest BCUT2D eigenvalue weighted by Crippen LogP contribution is -2.29. The minimum absolute atomic E-state index is 0.0884. The zero-order valence-electron chi connectivity index (χ0n) is 11.1. The number of rotatable bonds is 6. The number of anilines is 1. The highest BCUT2D eigenvalue weighted by atomic mass is 16.3. The van der Waals surface area contributed by atoms with Gasteiger partial charge in [-0.3, -0.25) is 4.79 Å². The molecule has 0 aliphatic rings. The molecule has 1 amide bonds.